The molecule has 0 aliphatic rings. The summed E-state index contributed by atoms with van der Waals surface area (Å²) in [7, 11) is 0. The number of hydrogen-bond acceptors (Lipinski definition) is 4. The number of thiazole rings is 1. The Morgan fingerprint density at radius 1 is 1.45 bits per heavy atom. The molecule has 0 fully saturated rings. The summed E-state index contributed by atoms with van der Waals surface area (Å²) in [5.41, 5.74) is -0.0618. The maximum atomic E-state index is 12.7. The Kier molecular flexibility index (Phi) is 5.36. The van der Waals surface area contributed by atoms with Gasteiger partial charge in [0.2, 0.25) is 5.91 Å². The molecule has 9 heteroatoms. The highest BCUT2D eigenvalue weighted by molar-refractivity contribution is 8.01. The van der Waals surface area contributed by atoms with E-state index in [4.69, 9.17) is 11.6 Å². The lowest BCUT2D eigenvalue weighted by Gasteiger charge is -2.11. The van der Waals surface area contributed by atoms with Crippen molar-refractivity contribution in [3.05, 3.63) is 39.9 Å². The summed E-state index contributed by atoms with van der Waals surface area (Å²) in [5, 5.41) is 3.87. The number of alkyl halides is 3. The molecule has 0 saturated carbocycles. The highest BCUT2D eigenvalue weighted by atomic mass is 35.5. The van der Waals surface area contributed by atoms with Crippen LogP contribution in [0.3, 0.4) is 0 Å². The molecule has 0 unspecified atom stereocenters. The Hall–Kier alpha value is -1.25. The fourth-order valence-corrected chi connectivity index (χ4v) is 3.42. The van der Waals surface area contributed by atoms with Gasteiger partial charge in [0.1, 0.15) is 0 Å². The van der Waals surface area contributed by atoms with E-state index in [1.807, 2.05) is 12.3 Å². The zero-order valence-corrected chi connectivity index (χ0v) is 13.6. The van der Waals surface area contributed by atoms with Crippen molar-refractivity contribution in [3.63, 3.8) is 0 Å². The van der Waals surface area contributed by atoms with Crippen molar-refractivity contribution in [1.82, 2.24) is 4.98 Å². The summed E-state index contributed by atoms with van der Waals surface area (Å²) in [4.78, 5) is 16.0. The van der Waals surface area contributed by atoms with Crippen LogP contribution in [0.15, 0.2) is 27.9 Å². The summed E-state index contributed by atoms with van der Waals surface area (Å²) < 4.78 is 38.9. The van der Waals surface area contributed by atoms with Gasteiger partial charge in [0, 0.05) is 16.8 Å². The van der Waals surface area contributed by atoms with Crippen molar-refractivity contribution in [3.8, 4) is 0 Å². The second kappa shape index (κ2) is 6.89. The van der Waals surface area contributed by atoms with Gasteiger partial charge in [-0.2, -0.15) is 13.2 Å². The van der Waals surface area contributed by atoms with Gasteiger partial charge in [-0.25, -0.2) is 4.98 Å². The first kappa shape index (κ1) is 17.1. The van der Waals surface area contributed by atoms with Gasteiger partial charge >= 0.3 is 6.18 Å². The number of carbonyl (C=O) groups excluding carboxylic acids is 1. The Morgan fingerprint density at radius 2 is 2.18 bits per heavy atom. The predicted molar refractivity (Wildman–Crippen MR) is 82.7 cm³/mol. The third kappa shape index (κ3) is 4.62. The minimum absolute atomic E-state index is 0.0534. The van der Waals surface area contributed by atoms with E-state index in [9.17, 15) is 18.0 Å². The molecule has 0 bridgehead atoms. The molecule has 0 aliphatic carbocycles. The molecule has 3 nitrogen and oxygen atoms in total. The Labute approximate surface area is 137 Å². The molecule has 0 spiro atoms. The van der Waals surface area contributed by atoms with Gasteiger partial charge in [0.15, 0.2) is 4.34 Å². The number of anilines is 1. The molecule has 2 rings (SSSR count). The monoisotopic (exact) mass is 366 g/mol. The number of nitrogens with one attached hydrogen (secondary N) is 1. The first-order chi connectivity index (χ1) is 10.3. The fraction of sp³-hybridized carbons (Fsp3) is 0.231. The maximum Gasteiger partial charge on any atom is 0.417 e. The third-order valence-corrected chi connectivity index (χ3v) is 4.95. The van der Waals surface area contributed by atoms with Crippen LogP contribution in [-0.2, 0) is 11.0 Å². The summed E-state index contributed by atoms with van der Waals surface area (Å²) in [6.07, 6.45) is -4.56. The number of thioether (sulfide) groups is 1. The molecule has 2 aromatic rings. The second-order valence-electron chi connectivity index (χ2n) is 4.28. The Bertz CT molecular complexity index is 688. The average Bonchev–Trinajstić information content (AvgIpc) is 2.83. The molecular weight excluding hydrogens is 357 g/mol. The van der Waals surface area contributed by atoms with Crippen molar-refractivity contribution in [2.45, 2.75) is 17.4 Å². The molecule has 118 valence electrons. The van der Waals surface area contributed by atoms with E-state index in [0.717, 1.165) is 22.2 Å². The van der Waals surface area contributed by atoms with E-state index < -0.39 is 22.7 Å². The number of rotatable bonds is 4. The van der Waals surface area contributed by atoms with E-state index in [1.54, 1.807) is 0 Å². The van der Waals surface area contributed by atoms with Crippen LogP contribution in [0.1, 0.15) is 11.3 Å². The van der Waals surface area contributed by atoms with E-state index in [2.05, 4.69) is 10.3 Å². The van der Waals surface area contributed by atoms with Gasteiger partial charge in [-0.1, -0.05) is 23.4 Å². The fourth-order valence-electron chi connectivity index (χ4n) is 1.54. The SMILES string of the molecule is Cc1csc(SCC(=O)Nc2ccc(Cl)c(C(F)(F)F)c2)n1. The van der Waals surface area contributed by atoms with Gasteiger partial charge in [0.05, 0.1) is 16.3 Å². The number of benzene rings is 1. The number of hydrogen-bond donors (Lipinski definition) is 1. The lowest BCUT2D eigenvalue weighted by atomic mass is 10.2. The van der Waals surface area contributed by atoms with Crippen LogP contribution in [0.4, 0.5) is 18.9 Å². The minimum Gasteiger partial charge on any atom is -0.325 e. The number of nitrogens with zero attached hydrogens (tertiary/aromatic N) is 1. The van der Waals surface area contributed by atoms with E-state index >= 15 is 0 Å². The lowest BCUT2D eigenvalue weighted by Crippen LogP contribution is -2.15. The smallest absolute Gasteiger partial charge is 0.325 e. The van der Waals surface area contributed by atoms with Crippen LogP contribution in [0.25, 0.3) is 0 Å². The highest BCUT2D eigenvalue weighted by Crippen LogP contribution is 2.36. The number of aromatic nitrogens is 1. The molecule has 1 aromatic carbocycles. The first-order valence-electron chi connectivity index (χ1n) is 5.97. The zero-order valence-electron chi connectivity index (χ0n) is 11.2. The predicted octanol–water partition coefficient (Wildman–Crippen LogP) is 4.85. The Morgan fingerprint density at radius 3 is 2.77 bits per heavy atom. The number of aryl methyl sites for hydroxylation is 1. The van der Waals surface area contributed by atoms with Crippen molar-refractivity contribution in [2.75, 3.05) is 11.1 Å². The quantitative estimate of drug-likeness (QED) is 0.786. The largest absolute Gasteiger partial charge is 0.417 e. The number of amides is 1. The zero-order chi connectivity index (χ0) is 16.3. The molecule has 0 aliphatic heterocycles. The molecular formula is C13H10ClF3N2OS2. The summed E-state index contributed by atoms with van der Waals surface area (Å²) in [6, 6.07) is 3.25. The maximum absolute atomic E-state index is 12.7. The van der Waals surface area contributed by atoms with Crippen LogP contribution in [-0.4, -0.2) is 16.6 Å². The van der Waals surface area contributed by atoms with Gasteiger partial charge in [-0.3, -0.25) is 4.79 Å². The van der Waals surface area contributed by atoms with Crippen molar-refractivity contribution in [2.24, 2.45) is 0 Å². The molecule has 22 heavy (non-hydrogen) atoms. The van der Waals surface area contributed by atoms with E-state index in [-0.39, 0.29) is 11.4 Å². The highest BCUT2D eigenvalue weighted by Gasteiger charge is 2.33. The Balaban J connectivity index is 1.99. The van der Waals surface area contributed by atoms with Gasteiger partial charge < -0.3 is 5.32 Å². The molecule has 1 aromatic heterocycles. The lowest BCUT2D eigenvalue weighted by molar-refractivity contribution is -0.137. The van der Waals surface area contributed by atoms with Gasteiger partial charge in [-0.05, 0) is 25.1 Å². The molecule has 0 saturated heterocycles. The summed E-state index contributed by atoms with van der Waals surface area (Å²) in [5.74, 6) is -0.343. The molecule has 1 amide bonds. The molecule has 1 N–H and O–H groups in total. The summed E-state index contributed by atoms with van der Waals surface area (Å²) >= 11 is 8.16. The molecule has 1 heterocycles. The van der Waals surface area contributed by atoms with E-state index in [1.165, 1.54) is 29.2 Å². The normalized spacial score (nSPS) is 11.5. The van der Waals surface area contributed by atoms with Crippen molar-refractivity contribution < 1.29 is 18.0 Å². The number of halogens is 4. The van der Waals surface area contributed by atoms with Gasteiger partial charge in [-0.15, -0.1) is 11.3 Å². The van der Waals surface area contributed by atoms with Gasteiger partial charge in [0.25, 0.3) is 0 Å². The second-order valence-corrected chi connectivity index (χ2v) is 6.77. The third-order valence-electron chi connectivity index (χ3n) is 2.48. The van der Waals surface area contributed by atoms with Crippen LogP contribution >= 0.6 is 34.7 Å². The molecule has 0 radical (unpaired) electrons. The average molecular weight is 367 g/mol. The van der Waals surface area contributed by atoms with E-state index in [0.29, 0.717) is 0 Å². The molecule has 0 atom stereocenters. The number of carbonyl (C=O) groups is 1. The standard InChI is InChI=1S/C13H10ClF3N2OS2/c1-7-5-21-12(18-7)22-6-11(20)19-8-2-3-10(14)9(4-8)13(15,16)17/h2-5H,6H2,1H3,(H,19,20). The van der Waals surface area contributed by atoms with Crippen molar-refractivity contribution in [1.29, 1.82) is 0 Å². The van der Waals surface area contributed by atoms with Crippen molar-refractivity contribution >= 4 is 46.3 Å². The topological polar surface area (TPSA) is 42.0 Å². The van der Waals surface area contributed by atoms with Crippen LogP contribution < -0.4 is 5.32 Å². The van der Waals surface area contributed by atoms with Crippen LogP contribution in [0, 0.1) is 6.92 Å². The van der Waals surface area contributed by atoms with Crippen LogP contribution in [0.2, 0.25) is 5.02 Å². The first-order valence-corrected chi connectivity index (χ1v) is 8.21. The summed E-state index contributed by atoms with van der Waals surface area (Å²) in [6.45, 7) is 1.84. The minimum atomic E-state index is -4.56. The van der Waals surface area contributed by atoms with Crippen LogP contribution in [0.5, 0.6) is 0 Å².